The lowest BCUT2D eigenvalue weighted by Gasteiger charge is -2.08. The fourth-order valence-corrected chi connectivity index (χ4v) is 2.70. The number of nitrogens with one attached hydrogen (secondary N) is 1. The van der Waals surface area contributed by atoms with E-state index in [9.17, 15) is 22.3 Å². The molecule has 2 N–H and O–H groups in total. The monoisotopic (exact) mass is 299 g/mol. The van der Waals surface area contributed by atoms with E-state index >= 15 is 0 Å². The molecule has 0 aliphatic heterocycles. The van der Waals surface area contributed by atoms with E-state index in [1.165, 1.54) is 24.3 Å². The van der Waals surface area contributed by atoms with Crippen LogP contribution in [0.15, 0.2) is 47.4 Å². The molecule has 0 bridgehead atoms. The number of para-hydroxylation sites is 1. The molecule has 2 rings (SSSR count). The number of phenolic OH excluding ortho intramolecular Hbond substituents is 1. The van der Waals surface area contributed by atoms with Gasteiger partial charge in [-0.3, -0.25) is 0 Å². The van der Waals surface area contributed by atoms with E-state index in [4.69, 9.17) is 0 Å². The summed E-state index contributed by atoms with van der Waals surface area (Å²) in [7, 11) is -3.98. The number of phenols is 1. The van der Waals surface area contributed by atoms with Crippen LogP contribution in [-0.2, 0) is 16.6 Å². The van der Waals surface area contributed by atoms with Gasteiger partial charge in [0.15, 0.2) is 0 Å². The number of hydrogen-bond donors (Lipinski definition) is 2. The van der Waals surface area contributed by atoms with Gasteiger partial charge in [-0.1, -0.05) is 18.2 Å². The molecular formula is C13H11F2NO3S. The van der Waals surface area contributed by atoms with Gasteiger partial charge in [-0.2, -0.15) is 0 Å². The highest BCUT2D eigenvalue weighted by Crippen LogP contribution is 2.21. The van der Waals surface area contributed by atoms with Gasteiger partial charge in [0.25, 0.3) is 0 Å². The standard InChI is InChI=1S/C13H11F2NO3S/c14-10-6-5-9(11(15)7-10)8-16-20(18,19)13-4-2-1-3-12(13)17/h1-7,16-17H,8H2. The van der Waals surface area contributed by atoms with Crippen molar-refractivity contribution in [2.45, 2.75) is 11.4 Å². The number of benzene rings is 2. The van der Waals surface area contributed by atoms with Gasteiger partial charge in [-0.05, 0) is 18.2 Å². The van der Waals surface area contributed by atoms with E-state index in [0.29, 0.717) is 6.07 Å². The molecule has 0 fully saturated rings. The Hall–Kier alpha value is -1.99. The summed E-state index contributed by atoms with van der Waals surface area (Å²) in [6.07, 6.45) is 0. The largest absolute Gasteiger partial charge is 0.507 e. The maximum Gasteiger partial charge on any atom is 0.244 e. The first-order chi connectivity index (χ1) is 9.40. The Balaban J connectivity index is 2.20. The highest BCUT2D eigenvalue weighted by atomic mass is 32.2. The van der Waals surface area contributed by atoms with Crippen LogP contribution in [0.5, 0.6) is 5.75 Å². The maximum absolute atomic E-state index is 13.4. The third kappa shape index (κ3) is 3.12. The molecule has 0 aromatic heterocycles. The summed E-state index contributed by atoms with van der Waals surface area (Å²) in [5, 5.41) is 9.49. The first-order valence-electron chi connectivity index (χ1n) is 5.62. The lowest BCUT2D eigenvalue weighted by Crippen LogP contribution is -2.23. The Morgan fingerprint density at radius 3 is 2.45 bits per heavy atom. The van der Waals surface area contributed by atoms with Crippen molar-refractivity contribution in [3.8, 4) is 5.75 Å². The summed E-state index contributed by atoms with van der Waals surface area (Å²) in [5.74, 6) is -1.99. The lowest BCUT2D eigenvalue weighted by molar-refractivity contribution is 0.458. The average molecular weight is 299 g/mol. The minimum Gasteiger partial charge on any atom is -0.507 e. The van der Waals surface area contributed by atoms with E-state index in [0.717, 1.165) is 12.1 Å². The highest BCUT2D eigenvalue weighted by molar-refractivity contribution is 7.89. The SMILES string of the molecule is O=S(=O)(NCc1ccc(F)cc1F)c1ccccc1O. The molecule has 4 nitrogen and oxygen atoms in total. The summed E-state index contributed by atoms with van der Waals surface area (Å²) in [5.41, 5.74) is 0.00500. The summed E-state index contributed by atoms with van der Waals surface area (Å²) in [6.45, 7) is -0.344. The second-order valence-corrected chi connectivity index (χ2v) is 5.76. The Morgan fingerprint density at radius 1 is 1.10 bits per heavy atom. The van der Waals surface area contributed by atoms with E-state index in [-0.39, 0.29) is 17.0 Å². The summed E-state index contributed by atoms with van der Waals surface area (Å²) < 4.78 is 52.1. The second-order valence-electron chi connectivity index (χ2n) is 4.03. The highest BCUT2D eigenvalue weighted by Gasteiger charge is 2.18. The molecule has 2 aromatic carbocycles. The summed E-state index contributed by atoms with van der Waals surface area (Å²) in [6, 6.07) is 8.24. The molecule has 0 saturated heterocycles. The Labute approximate surface area is 114 Å². The van der Waals surface area contributed by atoms with Gasteiger partial charge in [0.05, 0.1) is 0 Å². The van der Waals surface area contributed by atoms with Gasteiger partial charge < -0.3 is 5.11 Å². The number of hydrogen-bond acceptors (Lipinski definition) is 3. The van der Waals surface area contributed by atoms with Crippen molar-refractivity contribution in [3.05, 3.63) is 59.7 Å². The molecule has 2 aromatic rings. The summed E-state index contributed by atoms with van der Waals surface area (Å²) in [4.78, 5) is -0.303. The normalized spacial score (nSPS) is 11.5. The number of halogens is 2. The molecule has 0 spiro atoms. The van der Waals surface area contributed by atoms with Crippen LogP contribution in [0.2, 0.25) is 0 Å². The molecule has 0 unspecified atom stereocenters. The Morgan fingerprint density at radius 2 is 1.80 bits per heavy atom. The van der Waals surface area contributed by atoms with Crippen molar-refractivity contribution < 1.29 is 22.3 Å². The van der Waals surface area contributed by atoms with E-state index in [1.54, 1.807) is 0 Å². The quantitative estimate of drug-likeness (QED) is 0.909. The van der Waals surface area contributed by atoms with Crippen LogP contribution in [-0.4, -0.2) is 13.5 Å². The predicted molar refractivity (Wildman–Crippen MR) is 68.5 cm³/mol. The molecule has 0 saturated carbocycles. The van der Waals surface area contributed by atoms with Crippen LogP contribution in [0.3, 0.4) is 0 Å². The Bertz CT molecular complexity index is 732. The minimum atomic E-state index is -3.98. The van der Waals surface area contributed by atoms with E-state index in [2.05, 4.69) is 4.72 Å². The van der Waals surface area contributed by atoms with Crippen LogP contribution in [0.4, 0.5) is 8.78 Å². The number of sulfonamides is 1. The topological polar surface area (TPSA) is 66.4 Å². The van der Waals surface area contributed by atoms with Gasteiger partial charge in [0.2, 0.25) is 10.0 Å². The van der Waals surface area contributed by atoms with Gasteiger partial charge >= 0.3 is 0 Å². The maximum atomic E-state index is 13.4. The molecule has 0 amide bonds. The first-order valence-corrected chi connectivity index (χ1v) is 7.10. The van der Waals surface area contributed by atoms with Crippen molar-refractivity contribution in [1.29, 1.82) is 0 Å². The molecule has 0 aliphatic carbocycles. The fraction of sp³-hybridized carbons (Fsp3) is 0.0769. The van der Waals surface area contributed by atoms with Crippen LogP contribution < -0.4 is 4.72 Å². The molecule has 7 heteroatoms. The van der Waals surface area contributed by atoms with E-state index in [1.807, 2.05) is 0 Å². The van der Waals surface area contributed by atoms with Gasteiger partial charge in [0, 0.05) is 18.2 Å². The zero-order chi connectivity index (χ0) is 14.8. The molecule has 106 valence electrons. The van der Waals surface area contributed by atoms with Crippen LogP contribution in [0.25, 0.3) is 0 Å². The fourth-order valence-electron chi connectivity index (χ4n) is 1.60. The number of aromatic hydroxyl groups is 1. The van der Waals surface area contributed by atoms with Gasteiger partial charge in [-0.15, -0.1) is 0 Å². The third-order valence-electron chi connectivity index (χ3n) is 2.62. The van der Waals surface area contributed by atoms with Crippen molar-refractivity contribution in [2.75, 3.05) is 0 Å². The predicted octanol–water partition coefficient (Wildman–Crippen LogP) is 2.15. The second kappa shape index (κ2) is 5.56. The molecule has 0 atom stereocenters. The smallest absolute Gasteiger partial charge is 0.244 e. The summed E-state index contributed by atoms with van der Waals surface area (Å²) >= 11 is 0. The van der Waals surface area contributed by atoms with Crippen LogP contribution >= 0.6 is 0 Å². The molecule has 0 radical (unpaired) electrons. The first kappa shape index (κ1) is 14.4. The van der Waals surface area contributed by atoms with Crippen molar-refractivity contribution in [3.63, 3.8) is 0 Å². The lowest BCUT2D eigenvalue weighted by atomic mass is 10.2. The van der Waals surface area contributed by atoms with E-state index < -0.39 is 27.4 Å². The third-order valence-corrected chi connectivity index (χ3v) is 4.07. The van der Waals surface area contributed by atoms with Gasteiger partial charge in [0.1, 0.15) is 22.3 Å². The molecule has 20 heavy (non-hydrogen) atoms. The van der Waals surface area contributed by atoms with Crippen molar-refractivity contribution in [1.82, 2.24) is 4.72 Å². The zero-order valence-corrected chi connectivity index (χ0v) is 11.0. The minimum absolute atomic E-state index is 0.00500. The number of rotatable bonds is 4. The average Bonchev–Trinajstić information content (AvgIpc) is 2.38. The van der Waals surface area contributed by atoms with Crippen molar-refractivity contribution in [2.24, 2.45) is 0 Å². The van der Waals surface area contributed by atoms with Gasteiger partial charge in [-0.25, -0.2) is 21.9 Å². The Kier molecular flexibility index (Phi) is 4.01. The van der Waals surface area contributed by atoms with Crippen LogP contribution in [0, 0.1) is 11.6 Å². The molecule has 0 heterocycles. The van der Waals surface area contributed by atoms with Crippen molar-refractivity contribution >= 4 is 10.0 Å². The van der Waals surface area contributed by atoms with Crippen LogP contribution in [0.1, 0.15) is 5.56 Å². The molecular weight excluding hydrogens is 288 g/mol. The molecule has 0 aliphatic rings. The zero-order valence-electron chi connectivity index (χ0n) is 10.2.